The first-order chi connectivity index (χ1) is 16.1. The maximum atomic E-state index is 14.0. The van der Waals surface area contributed by atoms with Crippen molar-refractivity contribution in [1.82, 2.24) is 0 Å². The molecule has 1 saturated carbocycles. The summed E-state index contributed by atoms with van der Waals surface area (Å²) in [5.41, 5.74) is 0.616. The fraction of sp³-hybridized carbons (Fsp3) is 0.423. The normalized spacial score (nSPS) is 14.6. The molecule has 0 heterocycles. The first kappa shape index (κ1) is 25.4. The fourth-order valence-corrected chi connectivity index (χ4v) is 4.39. The number of carbonyl (C=O) groups excluding carboxylic acids is 3. The molecular weight excluding hydrogens is 439 g/mol. The van der Waals surface area contributed by atoms with E-state index in [-0.39, 0.29) is 41.4 Å². The molecule has 1 aliphatic carbocycles. The Hall–Kier alpha value is -3.26. The number of hydrogen-bond acceptors (Lipinski definition) is 5. The summed E-state index contributed by atoms with van der Waals surface area (Å²) in [6, 6.07) is 11.7. The minimum atomic E-state index is -0.876. The van der Waals surface area contributed by atoms with E-state index < -0.39 is 23.3 Å². The number of ether oxygens (including phenoxy) is 2. The van der Waals surface area contributed by atoms with Crippen LogP contribution in [0.3, 0.4) is 0 Å². The molecule has 1 N–H and O–H groups in total. The number of hydrogen-bond donors (Lipinski definition) is 1. The zero-order chi connectivity index (χ0) is 24.9. The van der Waals surface area contributed by atoms with Crippen LogP contribution in [0.25, 0.3) is 0 Å². The second-order valence-electron chi connectivity index (χ2n) is 9.19. The molecule has 34 heavy (non-hydrogen) atoms. The average Bonchev–Trinajstić information content (AvgIpc) is 2.73. The van der Waals surface area contributed by atoms with Gasteiger partial charge in [-0.05, 0) is 43.5 Å². The van der Waals surface area contributed by atoms with Crippen LogP contribution in [0.1, 0.15) is 47.7 Å². The Kier molecular flexibility index (Phi) is 7.71. The quantitative estimate of drug-likeness (QED) is 0.442. The third-order valence-corrected chi connectivity index (χ3v) is 6.56. The van der Waals surface area contributed by atoms with Gasteiger partial charge >= 0.3 is 11.9 Å². The monoisotopic (exact) mass is 471 g/mol. The third-order valence-electron chi connectivity index (χ3n) is 6.56. The number of halogens is 1. The van der Waals surface area contributed by atoms with E-state index in [9.17, 15) is 18.8 Å². The Morgan fingerprint density at radius 1 is 1.09 bits per heavy atom. The van der Waals surface area contributed by atoms with E-state index in [1.54, 1.807) is 13.8 Å². The van der Waals surface area contributed by atoms with E-state index in [0.717, 1.165) is 18.1 Å². The van der Waals surface area contributed by atoms with E-state index >= 15 is 0 Å². The summed E-state index contributed by atoms with van der Waals surface area (Å²) in [7, 11) is 3.65. The SMILES string of the molecule is CCOC(=O)c1cc(F)cc(C)c1NC(=O)C1([N+](C)(C)CC(=O)OCc2ccccc2)CCC1. The van der Waals surface area contributed by atoms with Crippen molar-refractivity contribution < 1.29 is 32.7 Å². The number of likely N-dealkylation sites (N-methyl/N-ethyl adjacent to an activating group) is 1. The van der Waals surface area contributed by atoms with Gasteiger partial charge in [0.2, 0.25) is 0 Å². The van der Waals surface area contributed by atoms with Crippen LogP contribution < -0.4 is 5.32 Å². The summed E-state index contributed by atoms with van der Waals surface area (Å²) in [6.45, 7) is 3.57. The third kappa shape index (κ3) is 5.28. The van der Waals surface area contributed by atoms with Crippen LogP contribution in [0.15, 0.2) is 42.5 Å². The average molecular weight is 472 g/mol. The van der Waals surface area contributed by atoms with E-state index in [1.807, 2.05) is 44.4 Å². The molecular formula is C26H32FN2O5+. The Morgan fingerprint density at radius 2 is 1.76 bits per heavy atom. The second kappa shape index (κ2) is 10.3. The van der Waals surface area contributed by atoms with Gasteiger partial charge in [-0.2, -0.15) is 0 Å². The van der Waals surface area contributed by atoms with Crippen LogP contribution in [0.2, 0.25) is 0 Å². The molecule has 2 aromatic rings. The van der Waals surface area contributed by atoms with Crippen molar-refractivity contribution in [3.63, 3.8) is 0 Å². The summed E-state index contributed by atoms with van der Waals surface area (Å²) >= 11 is 0. The molecule has 0 atom stereocenters. The first-order valence-electron chi connectivity index (χ1n) is 11.4. The Morgan fingerprint density at radius 3 is 2.35 bits per heavy atom. The van der Waals surface area contributed by atoms with Crippen LogP contribution in [-0.4, -0.2) is 55.1 Å². The number of esters is 2. The molecule has 1 amide bonds. The molecule has 7 nitrogen and oxygen atoms in total. The lowest BCUT2D eigenvalue weighted by Gasteiger charge is -2.51. The van der Waals surface area contributed by atoms with Gasteiger partial charge in [0.25, 0.3) is 5.91 Å². The number of anilines is 1. The number of nitrogens with one attached hydrogen (secondary N) is 1. The lowest BCUT2D eigenvalue weighted by Crippen LogP contribution is -2.70. The Balaban J connectivity index is 1.77. The highest BCUT2D eigenvalue weighted by Gasteiger charge is 2.57. The van der Waals surface area contributed by atoms with Gasteiger partial charge in [-0.1, -0.05) is 30.3 Å². The highest BCUT2D eigenvalue weighted by Crippen LogP contribution is 2.42. The van der Waals surface area contributed by atoms with Crippen LogP contribution in [0.4, 0.5) is 10.1 Å². The number of benzene rings is 2. The van der Waals surface area contributed by atoms with Crippen LogP contribution in [-0.2, 0) is 25.7 Å². The van der Waals surface area contributed by atoms with E-state index in [0.29, 0.717) is 18.4 Å². The van der Waals surface area contributed by atoms with Crippen molar-refractivity contribution in [3.05, 3.63) is 65.0 Å². The summed E-state index contributed by atoms with van der Waals surface area (Å²) < 4.78 is 24.6. The molecule has 0 bridgehead atoms. The predicted molar refractivity (Wildman–Crippen MR) is 126 cm³/mol. The summed E-state index contributed by atoms with van der Waals surface area (Å²) in [6.07, 6.45) is 1.99. The molecule has 0 aliphatic heterocycles. The zero-order valence-electron chi connectivity index (χ0n) is 20.2. The summed E-state index contributed by atoms with van der Waals surface area (Å²) in [4.78, 5) is 38.6. The van der Waals surface area contributed by atoms with Crippen LogP contribution in [0.5, 0.6) is 0 Å². The first-order valence-corrected chi connectivity index (χ1v) is 11.4. The largest absolute Gasteiger partial charge is 0.462 e. The number of rotatable bonds is 9. The molecule has 0 saturated heterocycles. The van der Waals surface area contributed by atoms with E-state index in [1.165, 1.54) is 6.07 Å². The number of nitrogens with zero attached hydrogens (tertiary/aromatic N) is 1. The van der Waals surface area contributed by atoms with Crippen LogP contribution in [0, 0.1) is 12.7 Å². The summed E-state index contributed by atoms with van der Waals surface area (Å²) in [5.74, 6) is -2.02. The number of aryl methyl sites for hydroxylation is 1. The predicted octanol–water partition coefficient (Wildman–Crippen LogP) is 3.99. The maximum absolute atomic E-state index is 14.0. The number of quaternary nitrogens is 1. The lowest BCUT2D eigenvalue weighted by molar-refractivity contribution is -0.931. The molecule has 0 radical (unpaired) electrons. The van der Waals surface area contributed by atoms with Crippen molar-refractivity contribution in [1.29, 1.82) is 0 Å². The van der Waals surface area contributed by atoms with Gasteiger partial charge in [0.1, 0.15) is 12.4 Å². The van der Waals surface area contributed by atoms with E-state index in [2.05, 4.69) is 5.32 Å². The van der Waals surface area contributed by atoms with Gasteiger partial charge < -0.3 is 19.3 Å². The van der Waals surface area contributed by atoms with Crippen molar-refractivity contribution in [2.45, 2.75) is 45.3 Å². The lowest BCUT2D eigenvalue weighted by atomic mass is 9.73. The highest BCUT2D eigenvalue weighted by molar-refractivity contribution is 6.05. The minimum absolute atomic E-state index is 0.00733. The van der Waals surface area contributed by atoms with Gasteiger partial charge in [-0.25, -0.2) is 14.0 Å². The van der Waals surface area contributed by atoms with Crippen molar-refractivity contribution >= 4 is 23.5 Å². The number of amides is 1. The summed E-state index contributed by atoms with van der Waals surface area (Å²) in [5, 5.41) is 2.85. The maximum Gasteiger partial charge on any atom is 0.362 e. The fourth-order valence-electron chi connectivity index (χ4n) is 4.39. The standard InChI is InChI=1S/C26H31FN2O5/c1-5-33-24(31)21-15-20(27)14-18(2)23(21)28-25(32)26(12-9-13-26)29(3,4)16-22(30)34-17-19-10-7-6-8-11-19/h6-8,10-11,14-15H,5,9,12-13,16-17H2,1-4H3/p+1. The van der Waals surface area contributed by atoms with Gasteiger partial charge in [0.15, 0.2) is 12.1 Å². The Bertz CT molecular complexity index is 1060. The van der Waals surface area contributed by atoms with Gasteiger partial charge in [-0.15, -0.1) is 0 Å². The molecule has 3 rings (SSSR count). The van der Waals surface area contributed by atoms with Gasteiger partial charge in [0, 0.05) is 12.8 Å². The highest BCUT2D eigenvalue weighted by atomic mass is 19.1. The minimum Gasteiger partial charge on any atom is -0.462 e. The molecule has 0 unspecified atom stereocenters. The Labute approximate surface area is 199 Å². The van der Waals surface area contributed by atoms with Crippen LogP contribution >= 0.6 is 0 Å². The van der Waals surface area contributed by atoms with Gasteiger partial charge in [0.05, 0.1) is 32.0 Å². The molecule has 0 spiro atoms. The molecule has 1 fully saturated rings. The molecule has 8 heteroatoms. The molecule has 0 aromatic heterocycles. The van der Waals surface area contributed by atoms with Crippen molar-refractivity contribution in [3.8, 4) is 0 Å². The number of carbonyl (C=O) groups is 3. The van der Waals surface area contributed by atoms with Crippen molar-refractivity contribution in [2.75, 3.05) is 32.6 Å². The zero-order valence-corrected chi connectivity index (χ0v) is 20.2. The topological polar surface area (TPSA) is 81.7 Å². The molecule has 1 aliphatic rings. The molecule has 182 valence electrons. The van der Waals surface area contributed by atoms with Crippen molar-refractivity contribution in [2.24, 2.45) is 0 Å². The second-order valence-corrected chi connectivity index (χ2v) is 9.19. The van der Waals surface area contributed by atoms with E-state index in [4.69, 9.17) is 9.47 Å². The smallest absolute Gasteiger partial charge is 0.362 e. The molecule has 2 aromatic carbocycles. The van der Waals surface area contributed by atoms with Gasteiger partial charge in [-0.3, -0.25) is 4.79 Å².